The highest BCUT2D eigenvalue weighted by Crippen LogP contribution is 2.23. The molecule has 0 amide bonds. The van der Waals surface area contributed by atoms with Crippen molar-refractivity contribution in [2.45, 2.75) is 20.0 Å². The van der Waals surface area contributed by atoms with Crippen molar-refractivity contribution in [1.29, 1.82) is 0 Å². The van der Waals surface area contributed by atoms with E-state index in [-0.39, 0.29) is 6.17 Å². The molecule has 1 atom stereocenters. The number of hydrogen-bond acceptors (Lipinski definition) is 4. The summed E-state index contributed by atoms with van der Waals surface area (Å²) < 4.78 is 0. The van der Waals surface area contributed by atoms with E-state index in [1.54, 1.807) is 6.20 Å². The summed E-state index contributed by atoms with van der Waals surface area (Å²) >= 11 is 0. The van der Waals surface area contributed by atoms with Gasteiger partial charge < -0.3 is 4.90 Å². The Morgan fingerprint density at radius 3 is 2.79 bits per heavy atom. The molecule has 0 aromatic carbocycles. The Balaban J connectivity index is 2.33. The highest BCUT2D eigenvalue weighted by Gasteiger charge is 2.22. The molecule has 2 rings (SSSR count). The largest absolute Gasteiger partial charge is 0.308 e. The third-order valence-electron chi connectivity index (χ3n) is 2.57. The van der Waals surface area contributed by atoms with E-state index in [0.717, 1.165) is 0 Å². The summed E-state index contributed by atoms with van der Waals surface area (Å²) in [5.41, 5.74) is 2.33. The second-order valence-electron chi connectivity index (χ2n) is 3.51. The molecule has 0 radical (unpaired) electrons. The smallest absolute Gasteiger partial charge is 0.120 e. The predicted molar refractivity (Wildman–Crippen MR) is 57.2 cm³/mol. The van der Waals surface area contributed by atoms with Crippen molar-refractivity contribution in [3.05, 3.63) is 24.0 Å². The number of hydrazone groups is 1. The predicted octanol–water partition coefficient (Wildman–Crippen LogP) is 1.43. The SMILES string of the molecule is Cc1cnccc1N1C=NN(C)[C@@H]1C. The molecule has 0 saturated carbocycles. The Labute approximate surface area is 83.9 Å². The number of aryl methyl sites for hydroxylation is 1. The average Bonchev–Trinajstić information content (AvgIpc) is 2.49. The first-order valence-corrected chi connectivity index (χ1v) is 4.66. The molecule has 0 saturated heterocycles. The van der Waals surface area contributed by atoms with Gasteiger partial charge in [-0.2, -0.15) is 5.10 Å². The van der Waals surface area contributed by atoms with E-state index in [4.69, 9.17) is 0 Å². The summed E-state index contributed by atoms with van der Waals surface area (Å²) in [4.78, 5) is 6.21. The van der Waals surface area contributed by atoms with Crippen molar-refractivity contribution < 1.29 is 0 Å². The minimum atomic E-state index is 0.274. The van der Waals surface area contributed by atoms with Gasteiger partial charge in [0.1, 0.15) is 12.5 Å². The van der Waals surface area contributed by atoms with Crippen LogP contribution in [0, 0.1) is 6.92 Å². The summed E-state index contributed by atoms with van der Waals surface area (Å²) in [6.07, 6.45) is 5.80. The standard InChI is InChI=1S/C10H14N4/c1-8-6-11-5-4-10(8)14-7-12-13(3)9(14)2/h4-7,9H,1-3H3/t9-/m0/s1. The van der Waals surface area contributed by atoms with Crippen LogP contribution in [0.3, 0.4) is 0 Å². The quantitative estimate of drug-likeness (QED) is 0.671. The number of rotatable bonds is 1. The topological polar surface area (TPSA) is 31.7 Å². The molecule has 0 spiro atoms. The summed E-state index contributed by atoms with van der Waals surface area (Å²) in [5.74, 6) is 0. The summed E-state index contributed by atoms with van der Waals surface area (Å²) in [6.45, 7) is 4.17. The molecule has 2 heterocycles. The minimum absolute atomic E-state index is 0.274. The van der Waals surface area contributed by atoms with Gasteiger partial charge in [0.15, 0.2) is 0 Å². The van der Waals surface area contributed by atoms with Gasteiger partial charge in [-0.25, -0.2) is 0 Å². The first kappa shape index (κ1) is 8.99. The Morgan fingerprint density at radius 2 is 2.21 bits per heavy atom. The monoisotopic (exact) mass is 190 g/mol. The Kier molecular flexibility index (Phi) is 2.11. The van der Waals surface area contributed by atoms with E-state index < -0.39 is 0 Å². The first-order valence-electron chi connectivity index (χ1n) is 4.66. The lowest BCUT2D eigenvalue weighted by atomic mass is 10.2. The van der Waals surface area contributed by atoms with E-state index in [0.29, 0.717) is 0 Å². The van der Waals surface area contributed by atoms with Crippen molar-refractivity contribution in [3.8, 4) is 0 Å². The van der Waals surface area contributed by atoms with Crippen molar-refractivity contribution >= 4 is 12.0 Å². The maximum absolute atomic E-state index is 4.23. The number of aromatic nitrogens is 1. The van der Waals surface area contributed by atoms with E-state index in [1.807, 2.05) is 30.7 Å². The number of pyridine rings is 1. The molecular weight excluding hydrogens is 176 g/mol. The van der Waals surface area contributed by atoms with Crippen molar-refractivity contribution in [2.75, 3.05) is 11.9 Å². The average molecular weight is 190 g/mol. The van der Waals surface area contributed by atoms with Gasteiger partial charge in [-0.05, 0) is 25.5 Å². The van der Waals surface area contributed by atoms with Crippen LogP contribution in [0.25, 0.3) is 0 Å². The second-order valence-corrected chi connectivity index (χ2v) is 3.51. The third-order valence-corrected chi connectivity index (χ3v) is 2.57. The van der Waals surface area contributed by atoms with Gasteiger partial charge in [-0.15, -0.1) is 0 Å². The first-order chi connectivity index (χ1) is 6.70. The van der Waals surface area contributed by atoms with Crippen LogP contribution in [0.1, 0.15) is 12.5 Å². The van der Waals surface area contributed by atoms with Crippen LogP contribution in [0.4, 0.5) is 5.69 Å². The van der Waals surface area contributed by atoms with E-state index in [9.17, 15) is 0 Å². The van der Waals surface area contributed by atoms with E-state index >= 15 is 0 Å². The molecule has 0 fully saturated rings. The van der Waals surface area contributed by atoms with Gasteiger partial charge in [-0.3, -0.25) is 9.99 Å². The molecule has 0 N–H and O–H groups in total. The summed E-state index contributed by atoms with van der Waals surface area (Å²) in [7, 11) is 1.97. The molecule has 4 heteroatoms. The molecule has 0 aliphatic carbocycles. The van der Waals surface area contributed by atoms with Crippen LogP contribution in [0.5, 0.6) is 0 Å². The number of nitrogens with zero attached hydrogens (tertiary/aromatic N) is 4. The Bertz CT molecular complexity index is 361. The molecule has 1 aromatic rings. The zero-order valence-electron chi connectivity index (χ0n) is 8.68. The maximum atomic E-state index is 4.23. The van der Waals surface area contributed by atoms with Gasteiger partial charge in [0, 0.05) is 25.1 Å². The maximum Gasteiger partial charge on any atom is 0.120 e. The lowest BCUT2D eigenvalue weighted by Crippen LogP contribution is -2.35. The zero-order chi connectivity index (χ0) is 10.1. The molecule has 1 aromatic heterocycles. The van der Waals surface area contributed by atoms with Gasteiger partial charge in [0.25, 0.3) is 0 Å². The van der Waals surface area contributed by atoms with Crippen LogP contribution in [-0.2, 0) is 0 Å². The normalized spacial score (nSPS) is 20.6. The van der Waals surface area contributed by atoms with Crippen LogP contribution < -0.4 is 4.90 Å². The molecule has 14 heavy (non-hydrogen) atoms. The zero-order valence-corrected chi connectivity index (χ0v) is 8.68. The van der Waals surface area contributed by atoms with Crippen LogP contribution in [-0.4, -0.2) is 29.5 Å². The Hall–Kier alpha value is -1.58. The van der Waals surface area contributed by atoms with E-state index in [2.05, 4.69) is 28.8 Å². The minimum Gasteiger partial charge on any atom is -0.308 e. The fourth-order valence-corrected chi connectivity index (χ4v) is 1.53. The lowest BCUT2D eigenvalue weighted by Gasteiger charge is -2.25. The second kappa shape index (κ2) is 3.29. The molecule has 0 bridgehead atoms. The molecule has 1 aliphatic rings. The van der Waals surface area contributed by atoms with Gasteiger partial charge in [-0.1, -0.05) is 0 Å². The van der Waals surface area contributed by atoms with Crippen LogP contribution >= 0.6 is 0 Å². The third kappa shape index (κ3) is 1.32. The van der Waals surface area contributed by atoms with E-state index in [1.165, 1.54) is 11.3 Å². The highest BCUT2D eigenvalue weighted by molar-refractivity contribution is 5.82. The Morgan fingerprint density at radius 1 is 1.43 bits per heavy atom. The lowest BCUT2D eigenvalue weighted by molar-refractivity contribution is 0.304. The van der Waals surface area contributed by atoms with Gasteiger partial charge in [0.2, 0.25) is 0 Å². The van der Waals surface area contributed by atoms with Crippen molar-refractivity contribution in [3.63, 3.8) is 0 Å². The molecule has 1 aliphatic heterocycles. The van der Waals surface area contributed by atoms with Gasteiger partial charge in [0.05, 0.1) is 0 Å². The van der Waals surface area contributed by atoms with Crippen LogP contribution in [0.15, 0.2) is 23.6 Å². The van der Waals surface area contributed by atoms with Crippen molar-refractivity contribution in [2.24, 2.45) is 5.10 Å². The molecule has 4 nitrogen and oxygen atoms in total. The molecule has 74 valence electrons. The van der Waals surface area contributed by atoms with Crippen LogP contribution in [0.2, 0.25) is 0 Å². The van der Waals surface area contributed by atoms with Gasteiger partial charge >= 0.3 is 0 Å². The van der Waals surface area contributed by atoms with Crippen molar-refractivity contribution in [1.82, 2.24) is 9.99 Å². The molecular formula is C10H14N4. The summed E-state index contributed by atoms with van der Waals surface area (Å²) in [5, 5.41) is 6.16. The fraction of sp³-hybridized carbons (Fsp3) is 0.400. The number of anilines is 1. The molecule has 0 unspecified atom stereocenters. The highest BCUT2D eigenvalue weighted by atomic mass is 15.6. The summed E-state index contributed by atoms with van der Waals surface area (Å²) in [6, 6.07) is 2.01. The fourth-order valence-electron chi connectivity index (χ4n) is 1.53. The number of hydrogen-bond donors (Lipinski definition) is 0.